The third-order valence-corrected chi connectivity index (χ3v) is 4.77. The first-order valence-electron chi connectivity index (χ1n) is 9.09. The number of piperazine rings is 1. The van der Waals surface area contributed by atoms with Gasteiger partial charge in [0.05, 0.1) is 0 Å². The maximum Gasteiger partial charge on any atom is 0.434 e. The van der Waals surface area contributed by atoms with Crippen molar-refractivity contribution in [3.8, 4) is 17.4 Å². The van der Waals surface area contributed by atoms with E-state index in [4.69, 9.17) is 4.84 Å². The predicted octanol–water partition coefficient (Wildman–Crippen LogP) is 1.59. The average molecular weight is 401 g/mol. The van der Waals surface area contributed by atoms with Gasteiger partial charge in [-0.1, -0.05) is 6.07 Å². The van der Waals surface area contributed by atoms with Gasteiger partial charge in [-0.3, -0.25) is 4.90 Å². The highest BCUT2D eigenvalue weighted by Gasteiger charge is 2.24. The third kappa shape index (κ3) is 4.02. The van der Waals surface area contributed by atoms with Crippen molar-refractivity contribution in [2.24, 2.45) is 0 Å². The summed E-state index contributed by atoms with van der Waals surface area (Å²) in [5.41, 5.74) is 1.22. The first kappa shape index (κ1) is 18.8. The Balaban J connectivity index is 1.32. The van der Waals surface area contributed by atoms with Crippen molar-refractivity contribution in [3.05, 3.63) is 60.2 Å². The molecule has 0 aliphatic carbocycles. The molecule has 0 atom stereocenters. The molecule has 4 rings (SSSR count). The molecule has 3 heterocycles. The average Bonchev–Trinajstić information content (AvgIpc) is 3.34. The van der Waals surface area contributed by atoms with E-state index in [0.29, 0.717) is 43.1 Å². The number of rotatable bonds is 4. The van der Waals surface area contributed by atoms with E-state index in [1.807, 2.05) is 6.07 Å². The largest absolute Gasteiger partial charge is 0.492 e. The van der Waals surface area contributed by atoms with Crippen molar-refractivity contribution in [2.75, 3.05) is 26.2 Å². The van der Waals surface area contributed by atoms with Gasteiger partial charge in [-0.05, 0) is 23.8 Å². The second-order valence-corrected chi connectivity index (χ2v) is 6.70. The van der Waals surface area contributed by atoms with E-state index in [0.717, 1.165) is 5.56 Å². The molecule has 29 heavy (non-hydrogen) atoms. The summed E-state index contributed by atoms with van der Waals surface area (Å²) in [6.45, 7) is 2.55. The number of hydrogen-bond acceptors (Lipinski definition) is 6. The fourth-order valence-corrected chi connectivity index (χ4v) is 3.22. The van der Waals surface area contributed by atoms with Crippen LogP contribution in [0, 0.1) is 5.82 Å². The minimum absolute atomic E-state index is 0.347. The van der Waals surface area contributed by atoms with Crippen molar-refractivity contribution in [1.29, 1.82) is 0 Å². The summed E-state index contributed by atoms with van der Waals surface area (Å²) in [4.78, 5) is 20.8. The predicted molar refractivity (Wildman–Crippen MR) is 100 cm³/mol. The second-order valence-electron chi connectivity index (χ2n) is 6.70. The van der Waals surface area contributed by atoms with Gasteiger partial charge in [-0.25, -0.2) is 13.9 Å². The molecule has 0 radical (unpaired) electrons. The van der Waals surface area contributed by atoms with Crippen molar-refractivity contribution >= 4 is 6.09 Å². The van der Waals surface area contributed by atoms with Crippen LogP contribution in [0.2, 0.25) is 0 Å². The van der Waals surface area contributed by atoms with Crippen LogP contribution in [-0.4, -0.2) is 66.8 Å². The maximum absolute atomic E-state index is 14.4. The zero-order chi connectivity index (χ0) is 20.4. The minimum Gasteiger partial charge on any atom is -0.492 e. The van der Waals surface area contributed by atoms with Crippen molar-refractivity contribution in [1.82, 2.24) is 24.3 Å². The van der Waals surface area contributed by atoms with E-state index >= 15 is 0 Å². The van der Waals surface area contributed by atoms with E-state index in [9.17, 15) is 19.4 Å². The summed E-state index contributed by atoms with van der Waals surface area (Å²) in [5, 5.41) is 23.1. The molecule has 1 aliphatic rings. The maximum atomic E-state index is 14.4. The van der Waals surface area contributed by atoms with E-state index < -0.39 is 6.09 Å². The molecule has 2 N–H and O–H groups in total. The van der Waals surface area contributed by atoms with Gasteiger partial charge in [-0.2, -0.15) is 5.10 Å². The van der Waals surface area contributed by atoms with Gasteiger partial charge in [0.1, 0.15) is 11.5 Å². The fourth-order valence-electron chi connectivity index (χ4n) is 3.22. The van der Waals surface area contributed by atoms with Crippen LogP contribution < -0.4 is 4.84 Å². The molecule has 0 spiro atoms. The SMILES string of the molecule is O=C(On1c(O)ccc1O)N1CCN(Cc2ccc(-n3cccn3)c(F)c2)CC1. The van der Waals surface area contributed by atoms with Gasteiger partial charge in [0.2, 0.25) is 11.8 Å². The highest BCUT2D eigenvalue weighted by Crippen LogP contribution is 2.20. The molecule has 0 saturated carbocycles. The molecular formula is C19H20FN5O4. The first-order chi connectivity index (χ1) is 14.0. The van der Waals surface area contributed by atoms with Crippen molar-refractivity contribution in [2.45, 2.75) is 6.54 Å². The fraction of sp³-hybridized carbons (Fsp3) is 0.263. The monoisotopic (exact) mass is 401 g/mol. The summed E-state index contributed by atoms with van der Waals surface area (Å²) < 4.78 is 16.5. The summed E-state index contributed by atoms with van der Waals surface area (Å²) in [6.07, 6.45) is 2.61. The topological polar surface area (TPSA) is 96.0 Å². The molecule has 1 saturated heterocycles. The molecule has 3 aromatic rings. The summed E-state index contributed by atoms with van der Waals surface area (Å²) in [6, 6.07) is 9.22. The molecule has 1 aliphatic heterocycles. The lowest BCUT2D eigenvalue weighted by atomic mass is 10.1. The number of aromatic nitrogens is 3. The summed E-state index contributed by atoms with van der Waals surface area (Å²) >= 11 is 0. The van der Waals surface area contributed by atoms with E-state index in [1.165, 1.54) is 27.8 Å². The number of benzene rings is 1. The lowest BCUT2D eigenvalue weighted by Gasteiger charge is -2.33. The van der Waals surface area contributed by atoms with E-state index in [2.05, 4.69) is 10.00 Å². The van der Waals surface area contributed by atoms with E-state index in [1.54, 1.807) is 24.5 Å². The van der Waals surface area contributed by atoms with Gasteiger partial charge in [0.15, 0.2) is 0 Å². The van der Waals surface area contributed by atoms with E-state index in [-0.39, 0.29) is 17.6 Å². The van der Waals surface area contributed by atoms with Crippen LogP contribution in [0.3, 0.4) is 0 Å². The Bertz CT molecular complexity index is 977. The van der Waals surface area contributed by atoms with Gasteiger partial charge >= 0.3 is 6.09 Å². The number of carbonyl (C=O) groups is 1. The van der Waals surface area contributed by atoms with Crippen LogP contribution in [-0.2, 0) is 6.54 Å². The Hall–Kier alpha value is -3.53. The molecule has 9 nitrogen and oxygen atoms in total. The molecular weight excluding hydrogens is 381 g/mol. The first-order valence-corrected chi connectivity index (χ1v) is 9.09. The Labute approximate surface area is 165 Å². The number of hydrogen-bond donors (Lipinski definition) is 2. The lowest BCUT2D eigenvalue weighted by molar-refractivity contribution is 0.0555. The van der Waals surface area contributed by atoms with Crippen LogP contribution in [0.5, 0.6) is 11.8 Å². The van der Waals surface area contributed by atoms with Crippen molar-refractivity contribution < 1.29 is 24.2 Å². The zero-order valence-electron chi connectivity index (χ0n) is 15.5. The smallest absolute Gasteiger partial charge is 0.434 e. The van der Waals surface area contributed by atoms with Crippen LogP contribution >= 0.6 is 0 Å². The Kier molecular flexibility index (Phi) is 5.09. The highest BCUT2D eigenvalue weighted by molar-refractivity contribution is 5.68. The Morgan fingerprint density at radius 1 is 1.10 bits per heavy atom. The van der Waals surface area contributed by atoms with Gasteiger partial charge in [0.25, 0.3) is 0 Å². The second kappa shape index (κ2) is 7.84. The van der Waals surface area contributed by atoms with Crippen LogP contribution in [0.1, 0.15) is 5.56 Å². The normalized spacial score (nSPS) is 14.9. The number of aromatic hydroxyl groups is 2. The van der Waals surface area contributed by atoms with Gasteiger partial charge in [-0.15, -0.1) is 4.73 Å². The van der Waals surface area contributed by atoms with Crippen LogP contribution in [0.25, 0.3) is 5.69 Å². The molecule has 0 unspecified atom stereocenters. The number of amides is 1. The van der Waals surface area contributed by atoms with Crippen molar-refractivity contribution in [3.63, 3.8) is 0 Å². The molecule has 2 aromatic heterocycles. The Morgan fingerprint density at radius 2 is 1.83 bits per heavy atom. The molecule has 1 amide bonds. The molecule has 10 heteroatoms. The van der Waals surface area contributed by atoms with Crippen LogP contribution in [0.4, 0.5) is 9.18 Å². The number of halogens is 1. The lowest BCUT2D eigenvalue weighted by Crippen LogP contribution is -2.50. The van der Waals surface area contributed by atoms with Gasteiger partial charge in [0, 0.05) is 57.3 Å². The van der Waals surface area contributed by atoms with Crippen LogP contribution in [0.15, 0.2) is 48.8 Å². The molecule has 1 aromatic carbocycles. The standard InChI is InChI=1S/C19H20FN5O4/c20-15-12-14(2-3-16(15)24-7-1-6-21-24)13-22-8-10-23(11-9-22)19(28)29-25-17(26)4-5-18(25)27/h1-7,12,26-27H,8-11,13H2. The number of carbonyl (C=O) groups excluding carboxylic acids is 1. The quantitative estimate of drug-likeness (QED) is 0.689. The molecule has 0 bridgehead atoms. The summed E-state index contributed by atoms with van der Waals surface area (Å²) in [5.74, 6) is -1.08. The third-order valence-electron chi connectivity index (χ3n) is 4.77. The highest BCUT2D eigenvalue weighted by atomic mass is 19.1. The number of nitrogens with zero attached hydrogens (tertiary/aromatic N) is 5. The summed E-state index contributed by atoms with van der Waals surface area (Å²) in [7, 11) is 0. The Morgan fingerprint density at radius 3 is 2.45 bits per heavy atom. The zero-order valence-corrected chi connectivity index (χ0v) is 15.5. The molecule has 1 fully saturated rings. The van der Waals surface area contributed by atoms with Gasteiger partial charge < -0.3 is 20.0 Å². The minimum atomic E-state index is -0.666. The molecule has 152 valence electrons.